The van der Waals surface area contributed by atoms with Crippen molar-refractivity contribution in [3.05, 3.63) is 0 Å². The fourth-order valence-electron chi connectivity index (χ4n) is 3.03. The van der Waals surface area contributed by atoms with Gasteiger partial charge in [0.05, 0.1) is 25.0 Å². The number of carbonyl (C=O) groups is 2. The Balaban J connectivity index is 1.92. The van der Waals surface area contributed by atoms with Crippen LogP contribution in [0.3, 0.4) is 0 Å². The molecule has 1 amide bonds. The van der Waals surface area contributed by atoms with Crippen LogP contribution in [0.5, 0.6) is 0 Å². The molecule has 2 heterocycles. The van der Waals surface area contributed by atoms with Gasteiger partial charge in [-0.2, -0.15) is 0 Å². The smallest absolute Gasteiger partial charge is 0.305 e. The molecule has 0 bridgehead atoms. The highest BCUT2D eigenvalue weighted by Gasteiger charge is 2.37. The Hall–Kier alpha value is -1.14. The first-order valence-electron chi connectivity index (χ1n) is 7.25. The molecule has 2 rings (SSSR count). The largest absolute Gasteiger partial charge is 0.481 e. The van der Waals surface area contributed by atoms with Crippen molar-refractivity contribution in [2.24, 2.45) is 0 Å². The number of carboxylic acids is 1. The average molecular weight is 285 g/mol. The zero-order chi connectivity index (χ0) is 14.5. The van der Waals surface area contributed by atoms with Crippen LogP contribution in [0, 0.1) is 0 Å². The molecule has 2 fully saturated rings. The van der Waals surface area contributed by atoms with E-state index >= 15 is 0 Å². The minimum absolute atomic E-state index is 0.0108. The summed E-state index contributed by atoms with van der Waals surface area (Å²) in [4.78, 5) is 24.9. The van der Waals surface area contributed by atoms with Gasteiger partial charge in [0, 0.05) is 26.3 Å². The van der Waals surface area contributed by atoms with Crippen LogP contribution in [-0.4, -0.2) is 60.4 Å². The second kappa shape index (κ2) is 7.04. The predicted molar refractivity (Wildman–Crippen MR) is 71.4 cm³/mol. The van der Waals surface area contributed by atoms with Gasteiger partial charge in [0.2, 0.25) is 5.91 Å². The Morgan fingerprint density at radius 1 is 1.35 bits per heavy atom. The summed E-state index contributed by atoms with van der Waals surface area (Å²) < 4.78 is 10.9. The van der Waals surface area contributed by atoms with Gasteiger partial charge in [-0.3, -0.25) is 9.59 Å². The second-order valence-electron chi connectivity index (χ2n) is 5.58. The Kier molecular flexibility index (Phi) is 5.37. The Morgan fingerprint density at radius 2 is 2.15 bits per heavy atom. The van der Waals surface area contributed by atoms with Gasteiger partial charge in [0.1, 0.15) is 0 Å². The number of hydrogen-bond donors (Lipinski definition) is 1. The lowest BCUT2D eigenvalue weighted by molar-refractivity contribution is -0.141. The third-order valence-corrected chi connectivity index (χ3v) is 4.12. The fraction of sp³-hybridized carbons (Fsp3) is 0.857. The lowest BCUT2D eigenvalue weighted by atomic mass is 10.1. The summed E-state index contributed by atoms with van der Waals surface area (Å²) in [6, 6.07) is -0.256. The minimum Gasteiger partial charge on any atom is -0.481 e. The monoisotopic (exact) mass is 285 g/mol. The van der Waals surface area contributed by atoms with Crippen molar-refractivity contribution in [1.29, 1.82) is 0 Å². The van der Waals surface area contributed by atoms with Gasteiger partial charge in [-0.25, -0.2) is 0 Å². The summed E-state index contributed by atoms with van der Waals surface area (Å²) in [6.07, 6.45) is 3.93. The number of nitrogens with zero attached hydrogens (tertiary/aromatic N) is 1. The number of methoxy groups -OCH3 is 1. The number of carbonyl (C=O) groups excluding carboxylic acids is 1. The van der Waals surface area contributed by atoms with Gasteiger partial charge < -0.3 is 19.5 Å². The van der Waals surface area contributed by atoms with E-state index in [0.29, 0.717) is 19.4 Å². The summed E-state index contributed by atoms with van der Waals surface area (Å²) >= 11 is 0. The van der Waals surface area contributed by atoms with Crippen LogP contribution in [-0.2, 0) is 19.1 Å². The molecule has 2 aliphatic heterocycles. The molecule has 0 saturated carbocycles. The first-order chi connectivity index (χ1) is 9.60. The summed E-state index contributed by atoms with van der Waals surface area (Å²) in [5.74, 6) is -0.888. The van der Waals surface area contributed by atoms with E-state index in [1.54, 1.807) is 12.0 Å². The van der Waals surface area contributed by atoms with E-state index < -0.39 is 5.97 Å². The van der Waals surface area contributed by atoms with Crippen molar-refractivity contribution < 1.29 is 24.2 Å². The Morgan fingerprint density at radius 3 is 2.75 bits per heavy atom. The second-order valence-corrected chi connectivity index (χ2v) is 5.58. The third-order valence-electron chi connectivity index (χ3n) is 4.12. The fourth-order valence-corrected chi connectivity index (χ4v) is 3.03. The molecule has 2 saturated heterocycles. The van der Waals surface area contributed by atoms with Crippen molar-refractivity contribution in [3.8, 4) is 0 Å². The molecule has 1 N–H and O–H groups in total. The summed E-state index contributed by atoms with van der Waals surface area (Å²) in [7, 11) is 1.60. The average Bonchev–Trinajstić information content (AvgIpc) is 2.82. The number of likely N-dealkylation sites (tertiary alicyclic amines) is 1. The molecule has 3 unspecified atom stereocenters. The molecular formula is C14H23NO5. The lowest BCUT2D eigenvalue weighted by Gasteiger charge is -2.27. The van der Waals surface area contributed by atoms with Gasteiger partial charge in [-0.05, 0) is 25.7 Å². The van der Waals surface area contributed by atoms with Gasteiger partial charge in [-0.1, -0.05) is 0 Å². The van der Waals surface area contributed by atoms with Gasteiger partial charge in [0.25, 0.3) is 0 Å². The normalized spacial score (nSPS) is 30.4. The Bertz CT molecular complexity index is 353. The van der Waals surface area contributed by atoms with Crippen molar-refractivity contribution in [2.75, 3.05) is 20.3 Å². The van der Waals surface area contributed by atoms with E-state index in [9.17, 15) is 9.59 Å². The molecular weight excluding hydrogens is 262 g/mol. The molecule has 20 heavy (non-hydrogen) atoms. The molecule has 2 aliphatic rings. The SMILES string of the molecule is COC1CC(CC(=O)O)N(C(=O)CC2CCCCO2)C1. The quantitative estimate of drug-likeness (QED) is 0.816. The highest BCUT2D eigenvalue weighted by molar-refractivity contribution is 5.78. The number of aliphatic carboxylic acids is 1. The molecule has 6 heteroatoms. The lowest BCUT2D eigenvalue weighted by Crippen LogP contribution is -2.39. The molecule has 0 aromatic carbocycles. The number of ether oxygens (including phenoxy) is 2. The highest BCUT2D eigenvalue weighted by atomic mass is 16.5. The molecule has 0 aromatic rings. The maximum atomic E-state index is 12.4. The van der Waals surface area contributed by atoms with Crippen molar-refractivity contribution in [1.82, 2.24) is 4.90 Å². The van der Waals surface area contributed by atoms with E-state index in [0.717, 1.165) is 25.9 Å². The van der Waals surface area contributed by atoms with Crippen molar-refractivity contribution in [3.63, 3.8) is 0 Å². The first-order valence-corrected chi connectivity index (χ1v) is 7.25. The molecule has 6 nitrogen and oxygen atoms in total. The zero-order valence-corrected chi connectivity index (χ0v) is 11.9. The van der Waals surface area contributed by atoms with Crippen LogP contribution >= 0.6 is 0 Å². The number of hydrogen-bond acceptors (Lipinski definition) is 4. The molecule has 0 radical (unpaired) electrons. The summed E-state index contributed by atoms with van der Waals surface area (Å²) in [5.41, 5.74) is 0. The van der Waals surface area contributed by atoms with E-state index in [2.05, 4.69) is 0 Å². The van der Waals surface area contributed by atoms with E-state index in [-0.39, 0.29) is 30.6 Å². The summed E-state index contributed by atoms with van der Waals surface area (Å²) in [5, 5.41) is 8.95. The number of carboxylic acid groups (broad SMARTS) is 1. The van der Waals surface area contributed by atoms with Crippen LogP contribution in [0.4, 0.5) is 0 Å². The van der Waals surface area contributed by atoms with Gasteiger partial charge in [0.15, 0.2) is 0 Å². The highest BCUT2D eigenvalue weighted by Crippen LogP contribution is 2.25. The Labute approximate surface area is 119 Å². The standard InChI is InChI=1S/C14H23NO5/c1-19-12-6-10(7-14(17)18)15(9-12)13(16)8-11-4-2-3-5-20-11/h10-12H,2-9H2,1H3,(H,17,18). The molecule has 0 spiro atoms. The zero-order valence-electron chi connectivity index (χ0n) is 11.9. The third kappa shape index (κ3) is 3.93. The number of amides is 1. The summed E-state index contributed by atoms with van der Waals surface area (Å²) in [6.45, 7) is 1.21. The van der Waals surface area contributed by atoms with Crippen molar-refractivity contribution >= 4 is 11.9 Å². The van der Waals surface area contributed by atoms with Crippen molar-refractivity contribution in [2.45, 2.75) is 56.8 Å². The minimum atomic E-state index is -0.876. The van der Waals surface area contributed by atoms with E-state index in [4.69, 9.17) is 14.6 Å². The van der Waals surface area contributed by atoms with E-state index in [1.807, 2.05) is 0 Å². The van der Waals surface area contributed by atoms with Crippen LogP contribution in [0.25, 0.3) is 0 Å². The van der Waals surface area contributed by atoms with Crippen LogP contribution in [0.15, 0.2) is 0 Å². The maximum Gasteiger partial charge on any atom is 0.305 e. The molecule has 0 aromatic heterocycles. The van der Waals surface area contributed by atoms with Gasteiger partial charge in [-0.15, -0.1) is 0 Å². The van der Waals surface area contributed by atoms with Crippen LogP contribution in [0.2, 0.25) is 0 Å². The molecule has 3 atom stereocenters. The van der Waals surface area contributed by atoms with Crippen LogP contribution in [0.1, 0.15) is 38.5 Å². The first kappa shape index (κ1) is 15.3. The number of rotatable bonds is 5. The molecule has 114 valence electrons. The van der Waals surface area contributed by atoms with E-state index in [1.165, 1.54) is 0 Å². The maximum absolute atomic E-state index is 12.4. The topological polar surface area (TPSA) is 76.1 Å². The van der Waals surface area contributed by atoms with Gasteiger partial charge >= 0.3 is 5.97 Å². The molecule has 0 aliphatic carbocycles. The van der Waals surface area contributed by atoms with Crippen LogP contribution < -0.4 is 0 Å². The predicted octanol–water partition coefficient (Wildman–Crippen LogP) is 1.04.